The maximum Gasteiger partial charge on any atom is 0.178 e. The predicted molar refractivity (Wildman–Crippen MR) is 119 cm³/mol. The highest BCUT2D eigenvalue weighted by atomic mass is 32.2. The first-order valence-electron chi connectivity index (χ1n) is 9.24. The Balaban J connectivity index is 2.11. The van der Waals surface area contributed by atoms with Crippen LogP contribution in [0.25, 0.3) is 33.2 Å². The summed E-state index contributed by atoms with van der Waals surface area (Å²) in [6.07, 6.45) is 3.42. The van der Waals surface area contributed by atoms with E-state index in [4.69, 9.17) is 0 Å². The maximum atomic E-state index is 15.5. The van der Waals surface area contributed by atoms with Crippen LogP contribution in [0.1, 0.15) is 0 Å². The molecule has 0 aliphatic rings. The summed E-state index contributed by atoms with van der Waals surface area (Å²) in [5.74, 6) is -0.889. The standard InChI is InChI=1S/C23H18FNO4S2/c1-30(26,27)20-10-6-9-18-17(11-12-25-23(18)20)19-13-16(15-7-4-3-5-8-15)14-21(22(19)24)31(2,28)29/h3-14H,1-2H3. The highest BCUT2D eigenvalue weighted by Crippen LogP contribution is 2.37. The van der Waals surface area contributed by atoms with Crippen LogP contribution in [-0.4, -0.2) is 34.3 Å². The van der Waals surface area contributed by atoms with E-state index in [1.54, 1.807) is 48.5 Å². The normalized spacial score (nSPS) is 12.2. The zero-order chi connectivity index (χ0) is 22.4. The van der Waals surface area contributed by atoms with Crippen molar-refractivity contribution in [3.8, 4) is 22.3 Å². The van der Waals surface area contributed by atoms with Gasteiger partial charge in [0.05, 0.1) is 10.4 Å². The van der Waals surface area contributed by atoms with Crippen LogP contribution >= 0.6 is 0 Å². The molecule has 0 spiro atoms. The van der Waals surface area contributed by atoms with Gasteiger partial charge in [-0.25, -0.2) is 21.2 Å². The summed E-state index contributed by atoms with van der Waals surface area (Å²) in [4.78, 5) is 3.80. The molecule has 0 amide bonds. The van der Waals surface area contributed by atoms with Gasteiger partial charge in [-0.3, -0.25) is 4.98 Å². The number of fused-ring (bicyclic) bond motifs is 1. The molecule has 5 nitrogen and oxygen atoms in total. The van der Waals surface area contributed by atoms with Gasteiger partial charge in [0.2, 0.25) is 0 Å². The Kier molecular flexibility index (Phi) is 5.15. The van der Waals surface area contributed by atoms with E-state index in [0.29, 0.717) is 16.5 Å². The van der Waals surface area contributed by atoms with E-state index in [9.17, 15) is 16.8 Å². The van der Waals surface area contributed by atoms with Gasteiger partial charge in [0.1, 0.15) is 10.7 Å². The quantitative estimate of drug-likeness (QED) is 0.452. The molecule has 0 atom stereocenters. The molecular weight excluding hydrogens is 437 g/mol. The Morgan fingerprint density at radius 2 is 1.39 bits per heavy atom. The fourth-order valence-corrected chi connectivity index (χ4v) is 5.16. The molecule has 1 aromatic heterocycles. The number of hydrogen-bond acceptors (Lipinski definition) is 5. The topological polar surface area (TPSA) is 81.2 Å². The molecule has 3 aromatic carbocycles. The Morgan fingerprint density at radius 1 is 0.710 bits per heavy atom. The second kappa shape index (κ2) is 7.55. The van der Waals surface area contributed by atoms with Crippen molar-refractivity contribution in [1.29, 1.82) is 0 Å². The largest absolute Gasteiger partial charge is 0.255 e. The molecule has 158 valence electrons. The van der Waals surface area contributed by atoms with Crippen molar-refractivity contribution < 1.29 is 21.2 Å². The van der Waals surface area contributed by atoms with Gasteiger partial charge in [0.25, 0.3) is 0 Å². The molecule has 8 heteroatoms. The molecule has 0 bridgehead atoms. The van der Waals surface area contributed by atoms with Crippen molar-refractivity contribution in [2.24, 2.45) is 0 Å². The number of benzene rings is 3. The monoisotopic (exact) mass is 455 g/mol. The lowest BCUT2D eigenvalue weighted by atomic mass is 9.96. The first-order valence-corrected chi connectivity index (χ1v) is 13.0. The number of rotatable bonds is 4. The van der Waals surface area contributed by atoms with E-state index in [2.05, 4.69) is 4.98 Å². The molecular formula is C23H18FNO4S2. The first kappa shape index (κ1) is 21.1. The molecule has 4 rings (SSSR count). The lowest BCUT2D eigenvalue weighted by Gasteiger charge is -2.14. The second-order valence-electron chi connectivity index (χ2n) is 7.26. The minimum atomic E-state index is -3.87. The van der Waals surface area contributed by atoms with Crippen LogP contribution in [-0.2, 0) is 19.7 Å². The molecule has 0 unspecified atom stereocenters. The summed E-state index contributed by atoms with van der Waals surface area (Å²) in [5, 5.41) is 0.411. The third-order valence-electron chi connectivity index (χ3n) is 4.97. The van der Waals surface area contributed by atoms with E-state index in [0.717, 1.165) is 18.1 Å². The molecule has 0 saturated heterocycles. The fourth-order valence-electron chi connectivity index (χ4n) is 3.54. The van der Waals surface area contributed by atoms with E-state index in [1.165, 1.54) is 18.3 Å². The maximum absolute atomic E-state index is 15.5. The predicted octanol–water partition coefficient (Wildman–Crippen LogP) is 4.51. The molecule has 31 heavy (non-hydrogen) atoms. The molecule has 0 N–H and O–H groups in total. The lowest BCUT2D eigenvalue weighted by Crippen LogP contribution is -2.04. The van der Waals surface area contributed by atoms with Gasteiger partial charge in [-0.1, -0.05) is 42.5 Å². The van der Waals surface area contributed by atoms with Gasteiger partial charge in [-0.2, -0.15) is 0 Å². The van der Waals surface area contributed by atoms with Crippen molar-refractivity contribution in [2.45, 2.75) is 9.79 Å². The molecule has 0 aliphatic carbocycles. The van der Waals surface area contributed by atoms with Gasteiger partial charge >= 0.3 is 0 Å². The highest BCUT2D eigenvalue weighted by molar-refractivity contribution is 7.91. The lowest BCUT2D eigenvalue weighted by molar-refractivity contribution is 0.573. The first-order chi connectivity index (χ1) is 14.6. The average molecular weight is 456 g/mol. The SMILES string of the molecule is CS(=O)(=O)c1cc(-c2ccccc2)cc(-c2ccnc3c(S(C)(=O)=O)cccc23)c1F. The number of pyridine rings is 1. The van der Waals surface area contributed by atoms with Crippen LogP contribution in [0.15, 0.2) is 82.7 Å². The minimum Gasteiger partial charge on any atom is -0.255 e. The van der Waals surface area contributed by atoms with Crippen molar-refractivity contribution in [2.75, 3.05) is 12.5 Å². The average Bonchev–Trinajstić information content (AvgIpc) is 2.72. The second-order valence-corrected chi connectivity index (χ2v) is 11.2. The van der Waals surface area contributed by atoms with Crippen molar-refractivity contribution in [1.82, 2.24) is 4.98 Å². The zero-order valence-electron chi connectivity index (χ0n) is 16.7. The van der Waals surface area contributed by atoms with Crippen LogP contribution < -0.4 is 0 Å². The van der Waals surface area contributed by atoms with Gasteiger partial charge in [-0.15, -0.1) is 0 Å². The molecule has 0 aliphatic heterocycles. The number of nitrogens with zero attached hydrogens (tertiary/aromatic N) is 1. The number of para-hydroxylation sites is 1. The molecule has 0 radical (unpaired) electrons. The summed E-state index contributed by atoms with van der Waals surface area (Å²) in [5.41, 5.74) is 1.87. The van der Waals surface area contributed by atoms with Crippen LogP contribution in [0.5, 0.6) is 0 Å². The van der Waals surface area contributed by atoms with Crippen LogP contribution in [0, 0.1) is 5.82 Å². The van der Waals surface area contributed by atoms with E-state index < -0.39 is 30.4 Å². The molecule has 4 aromatic rings. The van der Waals surface area contributed by atoms with E-state index in [-0.39, 0.29) is 16.0 Å². The van der Waals surface area contributed by atoms with E-state index >= 15 is 4.39 Å². The number of aromatic nitrogens is 1. The Morgan fingerprint density at radius 3 is 2.03 bits per heavy atom. The van der Waals surface area contributed by atoms with Gasteiger partial charge in [0, 0.05) is 29.7 Å². The van der Waals surface area contributed by atoms with Crippen molar-refractivity contribution >= 4 is 30.6 Å². The highest BCUT2D eigenvalue weighted by Gasteiger charge is 2.22. The van der Waals surface area contributed by atoms with E-state index in [1.807, 2.05) is 6.07 Å². The number of halogens is 1. The third kappa shape index (κ3) is 3.96. The fraction of sp³-hybridized carbons (Fsp3) is 0.0870. The van der Waals surface area contributed by atoms with Gasteiger partial charge in [0.15, 0.2) is 19.7 Å². The van der Waals surface area contributed by atoms with Crippen LogP contribution in [0.3, 0.4) is 0 Å². The third-order valence-corrected chi connectivity index (χ3v) is 7.19. The summed E-state index contributed by atoms with van der Waals surface area (Å²) < 4.78 is 64.6. The van der Waals surface area contributed by atoms with Crippen LogP contribution in [0.4, 0.5) is 4.39 Å². The zero-order valence-corrected chi connectivity index (χ0v) is 18.3. The van der Waals surface area contributed by atoms with Gasteiger partial charge in [-0.05, 0) is 41.0 Å². The van der Waals surface area contributed by atoms with Crippen molar-refractivity contribution in [3.63, 3.8) is 0 Å². The molecule has 0 fully saturated rings. The molecule has 1 heterocycles. The Bertz CT molecular complexity index is 1530. The molecule has 0 saturated carbocycles. The van der Waals surface area contributed by atoms with Crippen molar-refractivity contribution in [3.05, 3.63) is 78.7 Å². The van der Waals surface area contributed by atoms with Crippen LogP contribution in [0.2, 0.25) is 0 Å². The van der Waals surface area contributed by atoms with Gasteiger partial charge < -0.3 is 0 Å². The minimum absolute atomic E-state index is 0.0230. The summed E-state index contributed by atoms with van der Waals surface area (Å²) >= 11 is 0. The summed E-state index contributed by atoms with van der Waals surface area (Å²) in [7, 11) is -7.44. The Labute approximate surface area is 180 Å². The number of hydrogen-bond donors (Lipinski definition) is 0. The smallest absolute Gasteiger partial charge is 0.178 e. The summed E-state index contributed by atoms with van der Waals surface area (Å²) in [6, 6.07) is 18.1. The summed E-state index contributed by atoms with van der Waals surface area (Å²) in [6.45, 7) is 0. The number of sulfone groups is 2. The Hall–Kier alpha value is -3.10.